The van der Waals surface area contributed by atoms with E-state index < -0.39 is 0 Å². The van der Waals surface area contributed by atoms with E-state index in [1.807, 2.05) is 0 Å². The number of nitrogen functional groups attached to an aromatic ring is 1. The highest BCUT2D eigenvalue weighted by atomic mass is 79.9. The molecule has 0 radical (unpaired) electrons. The van der Waals surface area contributed by atoms with Gasteiger partial charge in [-0.1, -0.05) is 6.42 Å². The van der Waals surface area contributed by atoms with Crippen molar-refractivity contribution in [1.29, 1.82) is 0 Å². The van der Waals surface area contributed by atoms with Crippen LogP contribution in [0.15, 0.2) is 3.79 Å². The molecule has 2 N–H and O–H groups in total. The van der Waals surface area contributed by atoms with Gasteiger partial charge in [0, 0.05) is 4.88 Å². The highest BCUT2D eigenvalue weighted by Gasteiger charge is 2.25. The minimum atomic E-state index is 0.757. The first-order valence-corrected chi connectivity index (χ1v) is 5.85. The van der Waals surface area contributed by atoms with Gasteiger partial charge in [-0.3, -0.25) is 0 Å². The molecule has 1 aliphatic rings. The first-order chi connectivity index (χ1) is 5.70. The van der Waals surface area contributed by atoms with Crippen LogP contribution in [0, 0.1) is 6.92 Å². The third-order valence-corrected chi connectivity index (χ3v) is 4.48. The van der Waals surface area contributed by atoms with Crippen molar-refractivity contribution in [1.82, 2.24) is 0 Å². The Balaban J connectivity index is 2.40. The molecule has 0 saturated heterocycles. The van der Waals surface area contributed by atoms with Crippen molar-refractivity contribution < 1.29 is 0 Å². The molecular weight excluding hydrogens is 234 g/mol. The Morgan fingerprint density at radius 1 is 1.50 bits per heavy atom. The molecular formula is C9H12BrNS. The van der Waals surface area contributed by atoms with E-state index in [0.29, 0.717) is 0 Å². The number of thiophene rings is 1. The summed E-state index contributed by atoms with van der Waals surface area (Å²) in [4.78, 5) is 1.39. The zero-order valence-electron chi connectivity index (χ0n) is 7.06. The van der Waals surface area contributed by atoms with Crippen LogP contribution in [-0.4, -0.2) is 0 Å². The third-order valence-electron chi connectivity index (χ3n) is 2.64. The van der Waals surface area contributed by atoms with Gasteiger partial charge < -0.3 is 5.73 Å². The summed E-state index contributed by atoms with van der Waals surface area (Å²) in [6.07, 6.45) is 4.03. The monoisotopic (exact) mass is 245 g/mol. The molecule has 0 atom stereocenters. The quantitative estimate of drug-likeness (QED) is 0.803. The lowest BCUT2D eigenvalue weighted by Crippen LogP contribution is -2.10. The fourth-order valence-electron chi connectivity index (χ4n) is 1.74. The molecule has 0 unspecified atom stereocenters. The first kappa shape index (κ1) is 8.57. The minimum absolute atomic E-state index is 0.757. The highest BCUT2D eigenvalue weighted by molar-refractivity contribution is 9.11. The normalized spacial score (nSPS) is 17.8. The Hall–Kier alpha value is -0.0200. The summed E-state index contributed by atoms with van der Waals surface area (Å²) in [6, 6.07) is 0. The van der Waals surface area contributed by atoms with Crippen molar-refractivity contribution in [2.45, 2.75) is 32.1 Å². The van der Waals surface area contributed by atoms with Crippen LogP contribution in [0.4, 0.5) is 5.69 Å². The summed E-state index contributed by atoms with van der Waals surface area (Å²) < 4.78 is 1.11. The van der Waals surface area contributed by atoms with Crippen LogP contribution in [-0.2, 0) is 0 Å². The lowest BCUT2D eigenvalue weighted by Gasteiger charge is -2.26. The number of nitrogens with two attached hydrogens (primary N) is 1. The van der Waals surface area contributed by atoms with Crippen molar-refractivity contribution >= 4 is 33.0 Å². The molecule has 66 valence electrons. The maximum absolute atomic E-state index is 5.98. The molecule has 0 aliphatic heterocycles. The van der Waals surface area contributed by atoms with Crippen LogP contribution in [0.1, 0.15) is 35.6 Å². The molecule has 1 aliphatic carbocycles. The second kappa shape index (κ2) is 3.04. The second-order valence-electron chi connectivity index (χ2n) is 3.39. The van der Waals surface area contributed by atoms with E-state index >= 15 is 0 Å². The van der Waals surface area contributed by atoms with Crippen LogP contribution in [0.5, 0.6) is 0 Å². The third kappa shape index (κ3) is 1.19. The molecule has 1 nitrogen and oxygen atoms in total. The predicted octanol–water partition coefficient (Wildman–Crippen LogP) is 3.67. The summed E-state index contributed by atoms with van der Waals surface area (Å²) in [5.74, 6) is 0.757. The second-order valence-corrected chi connectivity index (χ2v) is 5.93. The van der Waals surface area contributed by atoms with Gasteiger partial charge in [0.1, 0.15) is 0 Å². The standard InChI is InChI=1S/C9H12BrNS/c1-5-7(6-3-2-4-6)8(11)9(10)12-5/h6H,2-4,11H2,1H3. The summed E-state index contributed by atoms with van der Waals surface area (Å²) in [5, 5.41) is 0. The molecule has 0 bridgehead atoms. The molecule has 0 aromatic carbocycles. The zero-order valence-corrected chi connectivity index (χ0v) is 9.46. The maximum atomic E-state index is 5.98. The Morgan fingerprint density at radius 2 is 2.17 bits per heavy atom. The fraction of sp³-hybridized carbons (Fsp3) is 0.556. The van der Waals surface area contributed by atoms with Crippen LogP contribution >= 0.6 is 27.3 Å². The van der Waals surface area contributed by atoms with E-state index in [-0.39, 0.29) is 0 Å². The number of hydrogen-bond acceptors (Lipinski definition) is 2. The van der Waals surface area contributed by atoms with Gasteiger partial charge in [0.2, 0.25) is 0 Å². The maximum Gasteiger partial charge on any atom is 0.0933 e. The fourth-order valence-corrected chi connectivity index (χ4v) is 3.56. The van der Waals surface area contributed by atoms with Gasteiger partial charge in [0.05, 0.1) is 9.47 Å². The summed E-state index contributed by atoms with van der Waals surface area (Å²) in [5.41, 5.74) is 8.38. The summed E-state index contributed by atoms with van der Waals surface area (Å²) >= 11 is 5.25. The van der Waals surface area contributed by atoms with Gasteiger partial charge in [-0.25, -0.2) is 0 Å². The molecule has 0 amide bonds. The van der Waals surface area contributed by atoms with E-state index in [1.54, 1.807) is 11.3 Å². The number of anilines is 1. The van der Waals surface area contributed by atoms with E-state index in [0.717, 1.165) is 15.4 Å². The van der Waals surface area contributed by atoms with Gasteiger partial charge >= 0.3 is 0 Å². The molecule has 3 heteroatoms. The van der Waals surface area contributed by atoms with Gasteiger partial charge in [0.25, 0.3) is 0 Å². The Bertz CT molecular complexity index is 302. The average Bonchev–Trinajstić information content (AvgIpc) is 2.13. The van der Waals surface area contributed by atoms with Crippen LogP contribution in [0.25, 0.3) is 0 Å². The molecule has 1 fully saturated rings. The largest absolute Gasteiger partial charge is 0.397 e. The molecule has 1 heterocycles. The Labute approximate surface area is 85.1 Å². The minimum Gasteiger partial charge on any atom is -0.397 e. The van der Waals surface area contributed by atoms with Crippen molar-refractivity contribution in [2.24, 2.45) is 0 Å². The molecule has 0 spiro atoms. The molecule has 2 rings (SSSR count). The molecule has 1 aromatic heterocycles. The topological polar surface area (TPSA) is 26.0 Å². The van der Waals surface area contributed by atoms with E-state index in [1.165, 1.54) is 29.7 Å². The first-order valence-electron chi connectivity index (χ1n) is 4.24. The molecule has 1 aromatic rings. The lowest BCUT2D eigenvalue weighted by atomic mass is 9.80. The van der Waals surface area contributed by atoms with E-state index in [4.69, 9.17) is 5.73 Å². The lowest BCUT2D eigenvalue weighted by molar-refractivity contribution is 0.420. The van der Waals surface area contributed by atoms with Crippen molar-refractivity contribution in [2.75, 3.05) is 5.73 Å². The predicted molar refractivity (Wildman–Crippen MR) is 57.8 cm³/mol. The number of hydrogen-bond donors (Lipinski definition) is 1. The van der Waals surface area contributed by atoms with Crippen LogP contribution < -0.4 is 5.73 Å². The number of halogens is 1. The smallest absolute Gasteiger partial charge is 0.0933 e. The van der Waals surface area contributed by atoms with Gasteiger partial charge in [0.15, 0.2) is 0 Å². The van der Waals surface area contributed by atoms with Crippen molar-refractivity contribution in [3.05, 3.63) is 14.2 Å². The van der Waals surface area contributed by atoms with Crippen molar-refractivity contribution in [3.8, 4) is 0 Å². The highest BCUT2D eigenvalue weighted by Crippen LogP contribution is 2.46. The van der Waals surface area contributed by atoms with Crippen LogP contribution in [0.2, 0.25) is 0 Å². The summed E-state index contributed by atoms with van der Waals surface area (Å²) in [7, 11) is 0. The van der Waals surface area contributed by atoms with Gasteiger partial charge in [-0.15, -0.1) is 11.3 Å². The number of rotatable bonds is 1. The van der Waals surface area contributed by atoms with Gasteiger partial charge in [-0.2, -0.15) is 0 Å². The van der Waals surface area contributed by atoms with E-state index in [2.05, 4.69) is 22.9 Å². The Morgan fingerprint density at radius 3 is 2.50 bits per heavy atom. The summed E-state index contributed by atoms with van der Waals surface area (Å²) in [6.45, 7) is 2.17. The number of aryl methyl sites for hydroxylation is 1. The molecule has 12 heavy (non-hydrogen) atoms. The Kier molecular flexibility index (Phi) is 2.17. The van der Waals surface area contributed by atoms with Crippen LogP contribution in [0.3, 0.4) is 0 Å². The van der Waals surface area contributed by atoms with Crippen molar-refractivity contribution in [3.63, 3.8) is 0 Å². The molecule has 1 saturated carbocycles. The average molecular weight is 246 g/mol. The SMILES string of the molecule is Cc1sc(Br)c(N)c1C1CCC1. The van der Waals surface area contributed by atoms with Gasteiger partial charge in [-0.05, 0) is 47.2 Å². The van der Waals surface area contributed by atoms with E-state index in [9.17, 15) is 0 Å². The zero-order chi connectivity index (χ0) is 8.72.